The lowest BCUT2D eigenvalue weighted by molar-refractivity contribution is 0.101. The molecule has 0 aromatic heterocycles. The predicted molar refractivity (Wildman–Crippen MR) is 81.6 cm³/mol. The van der Waals surface area contributed by atoms with Gasteiger partial charge in [0.15, 0.2) is 0 Å². The SMILES string of the molecule is CN(C)S(=O)(=O)c1ccc(NC(=O)c2c(F)cccc2F)cc1. The van der Waals surface area contributed by atoms with Crippen LogP contribution >= 0.6 is 0 Å². The molecule has 0 saturated heterocycles. The standard InChI is InChI=1S/C15H14F2N2O3S/c1-19(2)23(21,22)11-8-6-10(7-9-11)18-15(20)14-12(16)4-3-5-13(14)17/h3-9H,1-2H3,(H,18,20). The fraction of sp³-hybridized carbons (Fsp3) is 0.133. The van der Waals surface area contributed by atoms with Crippen LogP contribution in [0.25, 0.3) is 0 Å². The maximum absolute atomic E-state index is 13.5. The first kappa shape index (κ1) is 17.0. The van der Waals surface area contributed by atoms with E-state index >= 15 is 0 Å². The van der Waals surface area contributed by atoms with E-state index in [4.69, 9.17) is 0 Å². The molecule has 23 heavy (non-hydrogen) atoms. The van der Waals surface area contributed by atoms with Crippen molar-refractivity contribution in [3.8, 4) is 0 Å². The third kappa shape index (κ3) is 3.54. The summed E-state index contributed by atoms with van der Waals surface area (Å²) < 4.78 is 51.9. The van der Waals surface area contributed by atoms with Gasteiger partial charge in [0.1, 0.15) is 17.2 Å². The van der Waals surface area contributed by atoms with Gasteiger partial charge in [-0.25, -0.2) is 21.5 Å². The fourth-order valence-corrected chi connectivity index (χ4v) is 2.73. The Morgan fingerprint density at radius 3 is 2.00 bits per heavy atom. The van der Waals surface area contributed by atoms with Crippen LogP contribution in [0.4, 0.5) is 14.5 Å². The Bertz CT molecular complexity index is 814. The van der Waals surface area contributed by atoms with Crippen LogP contribution in [0, 0.1) is 11.6 Å². The van der Waals surface area contributed by atoms with Gasteiger partial charge in [-0.05, 0) is 36.4 Å². The third-order valence-corrected chi connectivity index (χ3v) is 4.91. The molecule has 0 spiro atoms. The topological polar surface area (TPSA) is 66.5 Å². The molecule has 0 aliphatic carbocycles. The largest absolute Gasteiger partial charge is 0.322 e. The van der Waals surface area contributed by atoms with Crippen molar-refractivity contribution in [2.24, 2.45) is 0 Å². The zero-order valence-electron chi connectivity index (χ0n) is 12.4. The second kappa shape index (κ2) is 6.43. The number of nitrogens with zero attached hydrogens (tertiary/aromatic N) is 1. The van der Waals surface area contributed by atoms with Crippen molar-refractivity contribution >= 4 is 21.6 Å². The van der Waals surface area contributed by atoms with Crippen LogP contribution in [-0.2, 0) is 10.0 Å². The van der Waals surface area contributed by atoms with Crippen molar-refractivity contribution in [1.29, 1.82) is 0 Å². The normalized spacial score (nSPS) is 11.5. The molecule has 2 aromatic carbocycles. The minimum atomic E-state index is -3.59. The van der Waals surface area contributed by atoms with E-state index in [0.717, 1.165) is 22.5 Å². The number of sulfonamides is 1. The van der Waals surface area contributed by atoms with E-state index in [1.165, 1.54) is 38.4 Å². The molecule has 0 fully saturated rings. The molecule has 0 atom stereocenters. The van der Waals surface area contributed by atoms with E-state index in [9.17, 15) is 22.0 Å². The molecule has 2 aromatic rings. The van der Waals surface area contributed by atoms with Crippen molar-refractivity contribution in [2.45, 2.75) is 4.90 Å². The van der Waals surface area contributed by atoms with Gasteiger partial charge in [-0.15, -0.1) is 0 Å². The number of halogens is 2. The summed E-state index contributed by atoms with van der Waals surface area (Å²) in [5, 5.41) is 2.32. The van der Waals surface area contributed by atoms with Crippen molar-refractivity contribution < 1.29 is 22.0 Å². The third-order valence-electron chi connectivity index (χ3n) is 3.08. The quantitative estimate of drug-likeness (QED) is 0.930. The summed E-state index contributed by atoms with van der Waals surface area (Å²) in [6.45, 7) is 0. The Morgan fingerprint density at radius 2 is 1.52 bits per heavy atom. The molecule has 2 rings (SSSR count). The van der Waals surface area contributed by atoms with Crippen molar-refractivity contribution in [3.05, 3.63) is 59.7 Å². The van der Waals surface area contributed by atoms with Gasteiger partial charge in [-0.1, -0.05) is 6.07 Å². The van der Waals surface area contributed by atoms with Crippen LogP contribution in [0.2, 0.25) is 0 Å². The van der Waals surface area contributed by atoms with Gasteiger partial charge >= 0.3 is 0 Å². The average molecular weight is 340 g/mol. The van der Waals surface area contributed by atoms with Gasteiger partial charge in [-0.2, -0.15) is 0 Å². The van der Waals surface area contributed by atoms with Crippen molar-refractivity contribution in [3.63, 3.8) is 0 Å². The molecule has 0 saturated carbocycles. The van der Waals surface area contributed by atoms with Crippen LogP contribution in [-0.4, -0.2) is 32.7 Å². The van der Waals surface area contributed by atoms with E-state index < -0.39 is 33.1 Å². The number of anilines is 1. The van der Waals surface area contributed by atoms with E-state index in [1.54, 1.807) is 0 Å². The number of nitrogens with one attached hydrogen (secondary N) is 1. The number of rotatable bonds is 4. The monoisotopic (exact) mass is 340 g/mol. The Morgan fingerprint density at radius 1 is 1.00 bits per heavy atom. The number of hydrogen-bond donors (Lipinski definition) is 1. The average Bonchev–Trinajstić information content (AvgIpc) is 2.47. The minimum absolute atomic E-state index is 0.0394. The van der Waals surface area contributed by atoms with Crippen LogP contribution in [0.5, 0.6) is 0 Å². The Balaban J connectivity index is 2.24. The summed E-state index contributed by atoms with van der Waals surface area (Å²) in [5.41, 5.74) is -0.479. The van der Waals surface area contributed by atoms with E-state index in [0.29, 0.717) is 0 Å². The Labute approximate surface area is 132 Å². The summed E-state index contributed by atoms with van der Waals surface area (Å²) in [6.07, 6.45) is 0. The molecule has 5 nitrogen and oxygen atoms in total. The molecule has 8 heteroatoms. The molecule has 1 N–H and O–H groups in total. The van der Waals surface area contributed by atoms with Crippen LogP contribution in [0.3, 0.4) is 0 Å². The molecule has 0 aliphatic heterocycles. The molecule has 0 unspecified atom stereocenters. The number of hydrogen-bond acceptors (Lipinski definition) is 3. The summed E-state index contributed by atoms with van der Waals surface area (Å²) in [7, 11) is -0.797. The summed E-state index contributed by atoms with van der Waals surface area (Å²) in [4.78, 5) is 12.0. The molecule has 0 aliphatic rings. The number of carbonyl (C=O) groups excluding carboxylic acids is 1. The van der Waals surface area contributed by atoms with Gasteiger partial charge in [0.2, 0.25) is 10.0 Å². The van der Waals surface area contributed by atoms with Crippen molar-refractivity contribution in [1.82, 2.24) is 4.31 Å². The van der Waals surface area contributed by atoms with Gasteiger partial charge in [0.25, 0.3) is 5.91 Å². The van der Waals surface area contributed by atoms with E-state index in [2.05, 4.69) is 5.32 Å². The predicted octanol–water partition coefficient (Wildman–Crippen LogP) is 2.47. The first-order valence-electron chi connectivity index (χ1n) is 6.51. The zero-order valence-corrected chi connectivity index (χ0v) is 13.2. The maximum atomic E-state index is 13.5. The highest BCUT2D eigenvalue weighted by Crippen LogP contribution is 2.18. The summed E-state index contributed by atoms with van der Waals surface area (Å²) in [5.74, 6) is -2.91. The maximum Gasteiger partial charge on any atom is 0.261 e. The zero-order chi connectivity index (χ0) is 17.2. The smallest absolute Gasteiger partial charge is 0.261 e. The Kier molecular flexibility index (Phi) is 4.76. The lowest BCUT2D eigenvalue weighted by Gasteiger charge is -2.12. The van der Waals surface area contributed by atoms with Gasteiger partial charge in [-0.3, -0.25) is 4.79 Å². The molecule has 0 radical (unpaired) electrons. The lowest BCUT2D eigenvalue weighted by atomic mass is 10.2. The Hall–Kier alpha value is -2.32. The van der Waals surface area contributed by atoms with Crippen LogP contribution in [0.15, 0.2) is 47.4 Å². The molecule has 1 amide bonds. The van der Waals surface area contributed by atoms with Gasteiger partial charge < -0.3 is 5.32 Å². The number of amides is 1. The molecular formula is C15H14F2N2O3S. The van der Waals surface area contributed by atoms with Gasteiger partial charge in [0.05, 0.1) is 4.90 Å². The molecule has 0 bridgehead atoms. The van der Waals surface area contributed by atoms with Crippen LogP contribution < -0.4 is 5.32 Å². The van der Waals surface area contributed by atoms with Crippen molar-refractivity contribution in [2.75, 3.05) is 19.4 Å². The number of benzene rings is 2. The van der Waals surface area contributed by atoms with E-state index in [1.807, 2.05) is 0 Å². The second-order valence-corrected chi connectivity index (χ2v) is 7.01. The minimum Gasteiger partial charge on any atom is -0.322 e. The number of carbonyl (C=O) groups is 1. The fourth-order valence-electron chi connectivity index (χ4n) is 1.83. The highest BCUT2D eigenvalue weighted by molar-refractivity contribution is 7.89. The molecule has 122 valence electrons. The van der Waals surface area contributed by atoms with Gasteiger partial charge in [0, 0.05) is 19.8 Å². The molecule has 0 heterocycles. The summed E-state index contributed by atoms with van der Waals surface area (Å²) >= 11 is 0. The van der Waals surface area contributed by atoms with Crippen LogP contribution in [0.1, 0.15) is 10.4 Å². The first-order valence-corrected chi connectivity index (χ1v) is 7.95. The highest BCUT2D eigenvalue weighted by atomic mass is 32.2. The molecular weight excluding hydrogens is 326 g/mol. The first-order chi connectivity index (χ1) is 10.7. The second-order valence-electron chi connectivity index (χ2n) is 4.86. The summed E-state index contributed by atoms with van der Waals surface area (Å²) in [6, 6.07) is 8.38. The van der Waals surface area contributed by atoms with E-state index in [-0.39, 0.29) is 10.6 Å². The highest BCUT2D eigenvalue weighted by Gasteiger charge is 2.19. The lowest BCUT2D eigenvalue weighted by Crippen LogP contribution is -2.22.